The van der Waals surface area contributed by atoms with Crippen LogP contribution < -0.4 is 0 Å². The van der Waals surface area contributed by atoms with Crippen molar-refractivity contribution >= 4 is 11.6 Å². The van der Waals surface area contributed by atoms with Crippen molar-refractivity contribution in [2.75, 3.05) is 0 Å². The molecule has 0 N–H and O–H groups in total. The molecule has 0 amide bonds. The summed E-state index contributed by atoms with van der Waals surface area (Å²) in [5.41, 5.74) is 0. The lowest BCUT2D eigenvalue weighted by Gasteiger charge is -2.12. The minimum atomic E-state index is 0.380. The lowest BCUT2D eigenvalue weighted by molar-refractivity contribution is 0.460. The molecule has 0 spiro atoms. The van der Waals surface area contributed by atoms with Crippen LogP contribution in [0.4, 0.5) is 0 Å². The molecule has 0 aliphatic heterocycles. The Morgan fingerprint density at radius 2 is 2.33 bits per heavy atom. The highest BCUT2D eigenvalue weighted by atomic mass is 35.5. The predicted octanol–water partition coefficient (Wildman–Crippen LogP) is 2.81. The van der Waals surface area contributed by atoms with Crippen LogP contribution in [0.25, 0.3) is 0 Å². The molecule has 2 rings (SSSR count). The van der Waals surface area contributed by atoms with Gasteiger partial charge in [0.1, 0.15) is 12.2 Å². The van der Waals surface area contributed by atoms with Crippen LogP contribution in [0, 0.1) is 5.92 Å². The van der Waals surface area contributed by atoms with Crippen LogP contribution in [0.3, 0.4) is 0 Å². The highest BCUT2D eigenvalue weighted by Crippen LogP contribution is 2.31. The molecule has 15 heavy (non-hydrogen) atoms. The topological polar surface area (TPSA) is 30.7 Å². The van der Waals surface area contributed by atoms with E-state index in [1.54, 1.807) is 6.33 Å². The summed E-state index contributed by atoms with van der Waals surface area (Å²) in [4.78, 5) is 4.33. The molecule has 0 bridgehead atoms. The van der Waals surface area contributed by atoms with E-state index >= 15 is 0 Å². The zero-order chi connectivity index (χ0) is 10.8. The van der Waals surface area contributed by atoms with Crippen LogP contribution in [-0.2, 0) is 6.42 Å². The van der Waals surface area contributed by atoms with Gasteiger partial charge in [-0.15, -0.1) is 11.6 Å². The van der Waals surface area contributed by atoms with Crippen LogP contribution in [0.2, 0.25) is 0 Å². The maximum absolute atomic E-state index is 6.11. The highest BCUT2D eigenvalue weighted by Gasteiger charge is 2.24. The second-order valence-corrected chi connectivity index (χ2v) is 5.31. The van der Waals surface area contributed by atoms with Gasteiger partial charge in [0.2, 0.25) is 0 Å². The molecule has 2 unspecified atom stereocenters. The van der Waals surface area contributed by atoms with Crippen molar-refractivity contribution in [3.05, 3.63) is 12.2 Å². The summed E-state index contributed by atoms with van der Waals surface area (Å²) in [6.45, 7) is 4.27. The van der Waals surface area contributed by atoms with Crippen molar-refractivity contribution in [3.63, 3.8) is 0 Å². The van der Waals surface area contributed by atoms with Gasteiger partial charge in [-0.05, 0) is 39.0 Å². The maximum atomic E-state index is 6.11. The molecular formula is C11H18ClN3. The van der Waals surface area contributed by atoms with E-state index in [1.807, 2.05) is 4.68 Å². The summed E-state index contributed by atoms with van der Waals surface area (Å²) >= 11 is 6.11. The first-order chi connectivity index (χ1) is 7.16. The van der Waals surface area contributed by atoms with Gasteiger partial charge in [0.15, 0.2) is 0 Å². The third-order valence-electron chi connectivity index (χ3n) is 3.08. The molecule has 1 aromatic heterocycles. The average molecular weight is 228 g/mol. The second kappa shape index (κ2) is 4.52. The Bertz CT molecular complexity index is 321. The summed E-state index contributed by atoms with van der Waals surface area (Å²) in [6.07, 6.45) is 6.21. The first kappa shape index (κ1) is 10.9. The number of hydrogen-bond donors (Lipinski definition) is 0. The number of nitrogens with zero attached hydrogens (tertiary/aromatic N) is 3. The molecule has 0 radical (unpaired) electrons. The monoisotopic (exact) mass is 227 g/mol. The van der Waals surface area contributed by atoms with E-state index in [0.29, 0.717) is 17.3 Å². The SMILES string of the molecule is CC(C)n1ncnc1CC1CCC(Cl)C1. The van der Waals surface area contributed by atoms with Crippen molar-refractivity contribution in [1.29, 1.82) is 0 Å². The van der Waals surface area contributed by atoms with Crippen LogP contribution in [0.15, 0.2) is 6.33 Å². The molecule has 3 nitrogen and oxygen atoms in total. The molecule has 1 heterocycles. The molecule has 1 aromatic rings. The molecule has 2 atom stereocenters. The van der Waals surface area contributed by atoms with E-state index in [2.05, 4.69) is 23.9 Å². The van der Waals surface area contributed by atoms with Crippen molar-refractivity contribution in [1.82, 2.24) is 14.8 Å². The van der Waals surface area contributed by atoms with Crippen LogP contribution >= 0.6 is 11.6 Å². The van der Waals surface area contributed by atoms with E-state index in [-0.39, 0.29) is 0 Å². The average Bonchev–Trinajstić information content (AvgIpc) is 2.75. The molecule has 84 valence electrons. The van der Waals surface area contributed by atoms with Gasteiger partial charge in [-0.3, -0.25) is 0 Å². The third kappa shape index (κ3) is 2.51. The Morgan fingerprint density at radius 1 is 1.53 bits per heavy atom. The molecule has 1 saturated carbocycles. The Labute approximate surface area is 95.8 Å². The van der Waals surface area contributed by atoms with Gasteiger partial charge in [-0.25, -0.2) is 9.67 Å². The zero-order valence-corrected chi connectivity index (χ0v) is 10.1. The van der Waals surface area contributed by atoms with Gasteiger partial charge in [0.05, 0.1) is 0 Å². The second-order valence-electron chi connectivity index (χ2n) is 4.70. The summed E-state index contributed by atoms with van der Waals surface area (Å²) in [5, 5.41) is 4.63. The molecule has 4 heteroatoms. The number of hydrogen-bond acceptors (Lipinski definition) is 2. The number of aromatic nitrogens is 3. The number of alkyl halides is 1. The quantitative estimate of drug-likeness (QED) is 0.744. The molecular weight excluding hydrogens is 210 g/mol. The van der Waals surface area contributed by atoms with Gasteiger partial charge in [0, 0.05) is 17.8 Å². The maximum Gasteiger partial charge on any atom is 0.138 e. The molecule has 0 saturated heterocycles. The standard InChI is InChI=1S/C11H18ClN3/c1-8(2)15-11(13-7-14-15)6-9-3-4-10(12)5-9/h7-10H,3-6H2,1-2H3. The van der Waals surface area contributed by atoms with Gasteiger partial charge in [0.25, 0.3) is 0 Å². The van der Waals surface area contributed by atoms with Crippen molar-refractivity contribution in [3.8, 4) is 0 Å². The number of halogens is 1. The summed E-state index contributed by atoms with van der Waals surface area (Å²) in [6, 6.07) is 0.399. The highest BCUT2D eigenvalue weighted by molar-refractivity contribution is 6.20. The van der Waals surface area contributed by atoms with Crippen molar-refractivity contribution < 1.29 is 0 Å². The lowest BCUT2D eigenvalue weighted by atomic mass is 10.0. The van der Waals surface area contributed by atoms with Gasteiger partial charge in [-0.2, -0.15) is 5.10 Å². The van der Waals surface area contributed by atoms with Gasteiger partial charge in [-0.1, -0.05) is 0 Å². The van der Waals surface area contributed by atoms with Crippen LogP contribution in [0.5, 0.6) is 0 Å². The van der Waals surface area contributed by atoms with Gasteiger partial charge >= 0.3 is 0 Å². The molecule has 1 aliphatic carbocycles. The van der Waals surface area contributed by atoms with E-state index in [0.717, 1.165) is 25.1 Å². The first-order valence-corrected chi connectivity index (χ1v) is 6.13. The predicted molar refractivity (Wildman–Crippen MR) is 61.1 cm³/mol. The van der Waals surface area contributed by atoms with Crippen molar-refractivity contribution in [2.45, 2.75) is 50.9 Å². The van der Waals surface area contributed by atoms with E-state index in [1.165, 1.54) is 6.42 Å². The Balaban J connectivity index is 2.01. The normalized spacial score (nSPS) is 26.4. The summed E-state index contributed by atoms with van der Waals surface area (Å²) < 4.78 is 2.02. The van der Waals surface area contributed by atoms with Crippen LogP contribution in [0.1, 0.15) is 45.0 Å². The minimum absolute atomic E-state index is 0.380. The van der Waals surface area contributed by atoms with E-state index < -0.39 is 0 Å². The minimum Gasteiger partial charge on any atom is -0.248 e. The van der Waals surface area contributed by atoms with E-state index in [4.69, 9.17) is 11.6 Å². The van der Waals surface area contributed by atoms with Crippen LogP contribution in [-0.4, -0.2) is 20.1 Å². The Hall–Kier alpha value is -0.570. The molecule has 1 aliphatic rings. The van der Waals surface area contributed by atoms with E-state index in [9.17, 15) is 0 Å². The largest absolute Gasteiger partial charge is 0.248 e. The fourth-order valence-electron chi connectivity index (χ4n) is 2.31. The van der Waals surface area contributed by atoms with Gasteiger partial charge < -0.3 is 0 Å². The summed E-state index contributed by atoms with van der Waals surface area (Å²) in [5.74, 6) is 1.81. The van der Waals surface area contributed by atoms with Crippen molar-refractivity contribution in [2.24, 2.45) is 5.92 Å². The lowest BCUT2D eigenvalue weighted by Crippen LogP contribution is -2.12. The third-order valence-corrected chi connectivity index (χ3v) is 3.48. The smallest absolute Gasteiger partial charge is 0.138 e. The molecule has 1 fully saturated rings. The molecule has 0 aromatic carbocycles. The Kier molecular flexibility index (Phi) is 3.29. The number of rotatable bonds is 3. The zero-order valence-electron chi connectivity index (χ0n) is 9.36. The summed E-state index contributed by atoms with van der Waals surface area (Å²) in [7, 11) is 0. The fraction of sp³-hybridized carbons (Fsp3) is 0.818. The first-order valence-electron chi connectivity index (χ1n) is 5.69. The Morgan fingerprint density at radius 3 is 2.93 bits per heavy atom. The fourth-order valence-corrected chi connectivity index (χ4v) is 2.69.